The molecule has 0 aliphatic heterocycles. The molecule has 0 saturated carbocycles. The summed E-state index contributed by atoms with van der Waals surface area (Å²) in [5.41, 5.74) is 11.1. The van der Waals surface area contributed by atoms with Crippen molar-refractivity contribution in [2.45, 2.75) is 0 Å². The Bertz CT molecular complexity index is 2850. The van der Waals surface area contributed by atoms with Crippen LogP contribution in [0.3, 0.4) is 0 Å². The van der Waals surface area contributed by atoms with Crippen molar-refractivity contribution in [2.75, 3.05) is 0 Å². The lowest BCUT2D eigenvalue weighted by atomic mass is 9.97. The summed E-state index contributed by atoms with van der Waals surface area (Å²) in [5.74, 6) is 2.50. The van der Waals surface area contributed by atoms with Gasteiger partial charge in [0.25, 0.3) is 0 Å². The lowest BCUT2D eigenvalue weighted by Crippen LogP contribution is -2.00. The van der Waals surface area contributed by atoms with E-state index >= 15 is 0 Å². The zero-order chi connectivity index (χ0) is 36.6. The van der Waals surface area contributed by atoms with Crippen LogP contribution in [0.4, 0.5) is 0 Å². The van der Waals surface area contributed by atoms with E-state index in [1.165, 1.54) is 0 Å². The number of hydrogen-bond donors (Lipinski definition) is 0. The van der Waals surface area contributed by atoms with Crippen LogP contribution in [-0.4, -0.2) is 24.9 Å². The van der Waals surface area contributed by atoms with Crippen molar-refractivity contribution >= 4 is 21.9 Å². The Morgan fingerprint density at radius 1 is 0.291 bits per heavy atom. The topological polar surface area (TPSA) is 77.6 Å². The summed E-state index contributed by atoms with van der Waals surface area (Å²) in [7, 11) is 0. The van der Waals surface area contributed by atoms with E-state index < -0.39 is 0 Å². The third kappa shape index (κ3) is 6.22. The van der Waals surface area contributed by atoms with Gasteiger partial charge >= 0.3 is 0 Å². The highest BCUT2D eigenvalue weighted by atomic mass is 16.3. The second-order valence-corrected chi connectivity index (χ2v) is 13.3. The van der Waals surface area contributed by atoms with Gasteiger partial charge in [-0.1, -0.05) is 152 Å². The summed E-state index contributed by atoms with van der Waals surface area (Å²) in [6.45, 7) is 0. The van der Waals surface area contributed by atoms with Gasteiger partial charge < -0.3 is 4.42 Å². The van der Waals surface area contributed by atoms with Crippen LogP contribution in [0.25, 0.3) is 101 Å². The summed E-state index contributed by atoms with van der Waals surface area (Å²) in [6.07, 6.45) is 0. The second-order valence-electron chi connectivity index (χ2n) is 13.3. The van der Waals surface area contributed by atoms with Crippen LogP contribution in [0, 0.1) is 0 Å². The summed E-state index contributed by atoms with van der Waals surface area (Å²) < 4.78 is 6.46. The average molecular weight is 706 g/mol. The van der Waals surface area contributed by atoms with Gasteiger partial charge in [0.2, 0.25) is 0 Å². The molecule has 0 unspecified atom stereocenters. The first-order chi connectivity index (χ1) is 27.2. The van der Waals surface area contributed by atoms with Crippen LogP contribution in [0.5, 0.6) is 0 Å². The van der Waals surface area contributed by atoms with E-state index in [1.807, 2.05) is 121 Å². The maximum absolute atomic E-state index is 6.46. The molecule has 0 atom stereocenters. The molecule has 0 fully saturated rings. The molecule has 7 aromatic carbocycles. The third-order valence-electron chi connectivity index (χ3n) is 9.75. The Hall–Kier alpha value is -7.57. The normalized spacial score (nSPS) is 11.3. The number of fused-ring (bicyclic) bond motifs is 3. The number of benzene rings is 7. The van der Waals surface area contributed by atoms with Crippen LogP contribution < -0.4 is 0 Å². The van der Waals surface area contributed by atoms with E-state index in [1.54, 1.807) is 0 Å². The van der Waals surface area contributed by atoms with Crippen molar-refractivity contribution in [3.8, 4) is 79.2 Å². The lowest BCUT2D eigenvalue weighted by molar-refractivity contribution is 0.669. The maximum Gasteiger partial charge on any atom is 0.164 e. The standard InChI is InChI=1S/C49H31N5O/c1-5-15-32(16-6-1)41-31-42(33-17-7-2-8-18-33)51-48(50-41)38-27-28-43-40(30-38)45-39(25-14-26-44(45)55-43)36-23-13-24-37(29-36)49-53-46(34-19-9-3-10-20-34)52-47(54-49)35-21-11-4-12-22-35/h1-31H. The molecule has 3 heterocycles. The summed E-state index contributed by atoms with van der Waals surface area (Å²) in [5, 5.41) is 2.01. The van der Waals surface area contributed by atoms with Crippen LogP contribution in [-0.2, 0) is 0 Å². The largest absolute Gasteiger partial charge is 0.456 e. The van der Waals surface area contributed by atoms with Crippen molar-refractivity contribution < 1.29 is 4.42 Å². The first-order valence-corrected chi connectivity index (χ1v) is 18.2. The molecule has 0 radical (unpaired) electrons. The predicted octanol–water partition coefficient (Wildman–Crippen LogP) is 12.2. The molecule has 10 rings (SSSR count). The minimum atomic E-state index is 0.603. The highest BCUT2D eigenvalue weighted by molar-refractivity contribution is 6.13. The number of nitrogens with zero attached hydrogens (tertiary/aromatic N) is 5. The van der Waals surface area contributed by atoms with Crippen molar-refractivity contribution in [3.63, 3.8) is 0 Å². The van der Waals surface area contributed by atoms with E-state index in [-0.39, 0.29) is 0 Å². The second kappa shape index (κ2) is 13.8. The van der Waals surface area contributed by atoms with Crippen LogP contribution in [0.15, 0.2) is 192 Å². The Morgan fingerprint density at radius 2 is 0.745 bits per heavy atom. The Balaban J connectivity index is 1.11. The van der Waals surface area contributed by atoms with E-state index in [9.17, 15) is 0 Å². The smallest absolute Gasteiger partial charge is 0.164 e. The molecule has 258 valence electrons. The van der Waals surface area contributed by atoms with Gasteiger partial charge in [-0.3, -0.25) is 0 Å². The number of aromatic nitrogens is 5. The van der Waals surface area contributed by atoms with Crippen LogP contribution in [0.1, 0.15) is 0 Å². The molecule has 0 spiro atoms. The van der Waals surface area contributed by atoms with Gasteiger partial charge in [0.1, 0.15) is 11.2 Å². The van der Waals surface area contributed by atoms with Crippen molar-refractivity contribution in [1.29, 1.82) is 0 Å². The Morgan fingerprint density at radius 3 is 1.33 bits per heavy atom. The van der Waals surface area contributed by atoms with E-state index in [0.717, 1.165) is 77.8 Å². The average Bonchev–Trinajstić information content (AvgIpc) is 3.66. The quantitative estimate of drug-likeness (QED) is 0.164. The van der Waals surface area contributed by atoms with Gasteiger partial charge in [-0.05, 0) is 47.5 Å². The van der Waals surface area contributed by atoms with Crippen LogP contribution in [0.2, 0.25) is 0 Å². The third-order valence-corrected chi connectivity index (χ3v) is 9.75. The molecule has 10 aromatic rings. The molecule has 0 aliphatic carbocycles. The molecule has 0 aliphatic rings. The van der Waals surface area contributed by atoms with Crippen LogP contribution >= 0.6 is 0 Å². The van der Waals surface area contributed by atoms with E-state index in [4.69, 9.17) is 29.3 Å². The zero-order valence-corrected chi connectivity index (χ0v) is 29.5. The van der Waals surface area contributed by atoms with Gasteiger partial charge in [0, 0.05) is 44.2 Å². The molecular weight excluding hydrogens is 675 g/mol. The number of hydrogen-bond acceptors (Lipinski definition) is 6. The molecule has 0 N–H and O–H groups in total. The minimum Gasteiger partial charge on any atom is -0.456 e. The molecule has 55 heavy (non-hydrogen) atoms. The molecule has 0 bridgehead atoms. The van der Waals surface area contributed by atoms with Gasteiger partial charge in [-0.2, -0.15) is 0 Å². The lowest BCUT2D eigenvalue weighted by Gasteiger charge is -2.10. The molecule has 6 nitrogen and oxygen atoms in total. The first kappa shape index (κ1) is 32.1. The zero-order valence-electron chi connectivity index (χ0n) is 29.5. The van der Waals surface area contributed by atoms with Crippen molar-refractivity contribution in [1.82, 2.24) is 24.9 Å². The van der Waals surface area contributed by atoms with Gasteiger partial charge in [0.05, 0.1) is 11.4 Å². The fourth-order valence-corrected chi connectivity index (χ4v) is 7.06. The monoisotopic (exact) mass is 705 g/mol. The summed E-state index contributed by atoms with van der Waals surface area (Å²) in [6, 6.07) is 63.4. The highest BCUT2D eigenvalue weighted by Crippen LogP contribution is 2.39. The van der Waals surface area contributed by atoms with E-state index in [2.05, 4.69) is 66.7 Å². The summed E-state index contributed by atoms with van der Waals surface area (Å²) in [4.78, 5) is 25.0. The summed E-state index contributed by atoms with van der Waals surface area (Å²) >= 11 is 0. The Labute approximate surface area is 317 Å². The Kier molecular flexibility index (Phi) is 8.04. The van der Waals surface area contributed by atoms with Gasteiger partial charge in [-0.25, -0.2) is 24.9 Å². The molecule has 6 heteroatoms. The number of furan rings is 1. The molecule has 0 amide bonds. The van der Waals surface area contributed by atoms with Gasteiger partial charge in [-0.15, -0.1) is 0 Å². The molecular formula is C49H31N5O. The first-order valence-electron chi connectivity index (χ1n) is 18.2. The molecule has 0 saturated heterocycles. The molecule has 3 aromatic heterocycles. The highest BCUT2D eigenvalue weighted by Gasteiger charge is 2.18. The minimum absolute atomic E-state index is 0.603. The fourth-order valence-electron chi connectivity index (χ4n) is 7.06. The SMILES string of the molecule is c1ccc(-c2cc(-c3ccccc3)nc(-c3ccc4oc5cccc(-c6cccc(-c7nc(-c8ccccc8)nc(-c8ccccc8)n7)c6)c5c4c3)n2)cc1. The fraction of sp³-hybridized carbons (Fsp3) is 0. The number of rotatable bonds is 7. The maximum atomic E-state index is 6.46. The van der Waals surface area contributed by atoms with Crippen molar-refractivity contribution in [3.05, 3.63) is 188 Å². The van der Waals surface area contributed by atoms with E-state index in [0.29, 0.717) is 23.3 Å². The van der Waals surface area contributed by atoms with Crippen molar-refractivity contribution in [2.24, 2.45) is 0 Å². The predicted molar refractivity (Wildman–Crippen MR) is 221 cm³/mol. The van der Waals surface area contributed by atoms with Gasteiger partial charge in [0.15, 0.2) is 23.3 Å².